The molecule has 0 N–H and O–H groups in total. The number of nitrogens with zero attached hydrogens (tertiary/aromatic N) is 1. The number of sulfone groups is 1. The Morgan fingerprint density at radius 3 is 2.33 bits per heavy atom. The molecule has 2 heterocycles. The van der Waals surface area contributed by atoms with Gasteiger partial charge in [-0.05, 0) is 93.3 Å². The largest absolute Gasteiger partial charge is 0.493 e. The van der Waals surface area contributed by atoms with E-state index in [9.17, 15) is 8.42 Å². The molecule has 0 atom stereocenters. The van der Waals surface area contributed by atoms with Gasteiger partial charge in [-0.1, -0.05) is 43.2 Å². The summed E-state index contributed by atoms with van der Waals surface area (Å²) in [5.74, 6) is 3.18. The highest BCUT2D eigenvalue weighted by Crippen LogP contribution is 2.37. The Balaban J connectivity index is 1.04. The predicted octanol–water partition coefficient (Wildman–Crippen LogP) is 5.47. The lowest BCUT2D eigenvalue weighted by molar-refractivity contribution is 0.182. The summed E-state index contributed by atoms with van der Waals surface area (Å²) in [5.41, 5.74) is 3.00. The fraction of sp³-hybridized carbons (Fsp3) is 0.571. The molecule has 0 amide bonds. The van der Waals surface area contributed by atoms with Crippen LogP contribution in [0.4, 0.5) is 0 Å². The third-order valence-corrected chi connectivity index (χ3v) is 10.1. The molecule has 33 heavy (non-hydrogen) atoms. The van der Waals surface area contributed by atoms with Crippen molar-refractivity contribution in [2.75, 3.05) is 32.0 Å². The summed E-state index contributed by atoms with van der Waals surface area (Å²) >= 11 is 0. The molecule has 3 aliphatic rings. The zero-order valence-corrected chi connectivity index (χ0v) is 20.4. The number of ether oxygens (including phenoxy) is 1. The second kappa shape index (κ2) is 10.2. The van der Waals surface area contributed by atoms with Crippen LogP contribution in [0.2, 0.25) is 0 Å². The van der Waals surface area contributed by atoms with Crippen LogP contribution in [0.3, 0.4) is 0 Å². The van der Waals surface area contributed by atoms with Crippen LogP contribution in [0.5, 0.6) is 5.75 Å². The standard InChI is InChI=1S/C28H37NO3S/c30-33(31,25-5-2-1-3-6-25)21-23-11-9-22(10-12-23)13-17-29-18-14-24(15-19-29)26-7-4-8-28-27(26)16-20-32-28/h1-8,22-24H,9-21H2. The zero-order valence-electron chi connectivity index (χ0n) is 19.6. The molecule has 2 aromatic carbocycles. The number of hydrogen-bond donors (Lipinski definition) is 0. The van der Waals surface area contributed by atoms with Gasteiger partial charge in [0.05, 0.1) is 17.3 Å². The molecule has 1 saturated heterocycles. The quantitative estimate of drug-likeness (QED) is 0.542. The lowest BCUT2D eigenvalue weighted by atomic mass is 9.81. The lowest BCUT2D eigenvalue weighted by Gasteiger charge is -2.35. The average Bonchev–Trinajstić information content (AvgIpc) is 3.34. The van der Waals surface area contributed by atoms with E-state index >= 15 is 0 Å². The highest BCUT2D eigenvalue weighted by atomic mass is 32.2. The summed E-state index contributed by atoms with van der Waals surface area (Å²) in [6.45, 7) is 4.42. The van der Waals surface area contributed by atoms with Gasteiger partial charge >= 0.3 is 0 Å². The van der Waals surface area contributed by atoms with Crippen molar-refractivity contribution >= 4 is 9.84 Å². The van der Waals surface area contributed by atoms with Gasteiger partial charge in [-0.2, -0.15) is 0 Å². The summed E-state index contributed by atoms with van der Waals surface area (Å²) in [5, 5.41) is 0. The summed E-state index contributed by atoms with van der Waals surface area (Å²) in [6, 6.07) is 15.5. The van der Waals surface area contributed by atoms with E-state index in [0.717, 1.165) is 37.5 Å². The molecule has 178 valence electrons. The Morgan fingerprint density at radius 2 is 1.58 bits per heavy atom. The Morgan fingerprint density at radius 1 is 0.848 bits per heavy atom. The van der Waals surface area contributed by atoms with E-state index in [1.54, 1.807) is 12.1 Å². The molecular weight excluding hydrogens is 430 g/mol. The van der Waals surface area contributed by atoms with E-state index in [0.29, 0.717) is 22.5 Å². The molecule has 1 aliphatic carbocycles. The van der Waals surface area contributed by atoms with Crippen molar-refractivity contribution in [1.82, 2.24) is 4.90 Å². The molecule has 0 spiro atoms. The minimum absolute atomic E-state index is 0.311. The van der Waals surface area contributed by atoms with Gasteiger partial charge in [0.25, 0.3) is 0 Å². The third-order valence-electron chi connectivity index (χ3n) is 8.18. The van der Waals surface area contributed by atoms with Crippen LogP contribution in [0.1, 0.15) is 62.0 Å². The van der Waals surface area contributed by atoms with Gasteiger partial charge in [-0.25, -0.2) is 8.42 Å². The summed E-state index contributed by atoms with van der Waals surface area (Å²) in [7, 11) is -3.16. The smallest absolute Gasteiger partial charge is 0.178 e. The van der Waals surface area contributed by atoms with E-state index in [4.69, 9.17) is 4.74 Å². The maximum Gasteiger partial charge on any atom is 0.178 e. The molecule has 5 rings (SSSR count). The number of likely N-dealkylation sites (tertiary alicyclic amines) is 1. The van der Waals surface area contributed by atoms with Gasteiger partial charge in [-0.15, -0.1) is 0 Å². The minimum atomic E-state index is -3.16. The first-order chi connectivity index (χ1) is 16.1. The van der Waals surface area contributed by atoms with Crippen LogP contribution in [0.15, 0.2) is 53.4 Å². The summed E-state index contributed by atoms with van der Waals surface area (Å²) in [4.78, 5) is 3.13. The van der Waals surface area contributed by atoms with Gasteiger partial charge < -0.3 is 9.64 Å². The van der Waals surface area contributed by atoms with Crippen molar-refractivity contribution in [3.63, 3.8) is 0 Å². The van der Waals surface area contributed by atoms with Gasteiger partial charge in [0.2, 0.25) is 0 Å². The lowest BCUT2D eigenvalue weighted by Crippen LogP contribution is -2.35. The SMILES string of the molecule is O=S(=O)(CC1CCC(CCN2CCC(c3cccc4c3CCO4)CC2)CC1)c1ccccc1. The van der Waals surface area contributed by atoms with Gasteiger partial charge in [-0.3, -0.25) is 0 Å². The molecule has 0 aromatic heterocycles. The molecule has 2 aliphatic heterocycles. The van der Waals surface area contributed by atoms with E-state index < -0.39 is 9.84 Å². The van der Waals surface area contributed by atoms with Gasteiger partial charge in [0, 0.05) is 12.0 Å². The highest BCUT2D eigenvalue weighted by molar-refractivity contribution is 7.91. The molecule has 2 aromatic rings. The first-order valence-corrected chi connectivity index (χ1v) is 14.5. The van der Waals surface area contributed by atoms with Gasteiger partial charge in [0.15, 0.2) is 9.84 Å². The Labute approximate surface area is 199 Å². The molecule has 5 heteroatoms. The molecule has 4 nitrogen and oxygen atoms in total. The number of hydrogen-bond acceptors (Lipinski definition) is 4. The zero-order chi connectivity index (χ0) is 22.7. The maximum absolute atomic E-state index is 12.7. The van der Waals surface area contributed by atoms with E-state index in [1.807, 2.05) is 18.2 Å². The minimum Gasteiger partial charge on any atom is -0.493 e. The van der Waals surface area contributed by atoms with Crippen LogP contribution in [0.25, 0.3) is 0 Å². The van der Waals surface area contributed by atoms with E-state index in [1.165, 1.54) is 62.9 Å². The maximum atomic E-state index is 12.7. The van der Waals surface area contributed by atoms with Crippen molar-refractivity contribution in [1.29, 1.82) is 0 Å². The van der Waals surface area contributed by atoms with Crippen LogP contribution in [-0.2, 0) is 16.3 Å². The number of rotatable bonds is 7. The molecule has 2 fully saturated rings. The van der Waals surface area contributed by atoms with Crippen molar-refractivity contribution in [2.24, 2.45) is 11.8 Å². The monoisotopic (exact) mass is 467 g/mol. The van der Waals surface area contributed by atoms with Crippen molar-refractivity contribution in [3.8, 4) is 5.75 Å². The number of fused-ring (bicyclic) bond motifs is 1. The topological polar surface area (TPSA) is 46.6 Å². The van der Waals surface area contributed by atoms with Gasteiger partial charge in [0.1, 0.15) is 5.75 Å². The molecule has 0 bridgehead atoms. The molecular formula is C28H37NO3S. The summed E-state index contributed by atoms with van der Waals surface area (Å²) in [6.07, 6.45) is 9.31. The predicted molar refractivity (Wildman–Crippen MR) is 133 cm³/mol. The Kier molecular flexibility index (Phi) is 7.07. The van der Waals surface area contributed by atoms with Crippen molar-refractivity contribution < 1.29 is 13.2 Å². The number of benzene rings is 2. The Hall–Kier alpha value is -1.85. The highest BCUT2D eigenvalue weighted by Gasteiger charge is 2.28. The fourth-order valence-corrected chi connectivity index (χ4v) is 7.90. The molecule has 0 radical (unpaired) electrons. The van der Waals surface area contributed by atoms with Crippen LogP contribution >= 0.6 is 0 Å². The number of piperidine rings is 1. The van der Waals surface area contributed by atoms with Crippen molar-refractivity contribution in [2.45, 2.75) is 62.2 Å². The average molecular weight is 468 g/mol. The Bertz CT molecular complexity index is 1020. The second-order valence-corrected chi connectivity index (χ2v) is 12.3. The van der Waals surface area contributed by atoms with E-state index in [-0.39, 0.29) is 0 Å². The molecule has 0 unspecified atom stereocenters. The molecule has 1 saturated carbocycles. The third kappa shape index (κ3) is 5.46. The van der Waals surface area contributed by atoms with Crippen LogP contribution in [-0.4, -0.2) is 45.3 Å². The first-order valence-electron chi connectivity index (χ1n) is 12.8. The fourth-order valence-electron chi connectivity index (χ4n) is 6.18. The van der Waals surface area contributed by atoms with Crippen LogP contribution < -0.4 is 4.74 Å². The van der Waals surface area contributed by atoms with Crippen molar-refractivity contribution in [3.05, 3.63) is 59.7 Å². The second-order valence-electron chi connectivity index (χ2n) is 10.3. The summed E-state index contributed by atoms with van der Waals surface area (Å²) < 4.78 is 31.2. The van der Waals surface area contributed by atoms with E-state index in [2.05, 4.69) is 23.1 Å². The first kappa shape index (κ1) is 22.9. The van der Waals surface area contributed by atoms with Crippen LogP contribution in [0, 0.1) is 11.8 Å². The normalized spacial score (nSPS) is 24.4.